The second-order valence-corrected chi connectivity index (χ2v) is 6.93. The molecule has 0 unspecified atom stereocenters. The highest BCUT2D eigenvalue weighted by molar-refractivity contribution is 5.96. The average Bonchev–Trinajstić information content (AvgIpc) is 3.14. The van der Waals surface area contributed by atoms with E-state index in [-0.39, 0.29) is 0 Å². The van der Waals surface area contributed by atoms with E-state index in [1.54, 1.807) is 27.7 Å². The van der Waals surface area contributed by atoms with Gasteiger partial charge in [-0.1, -0.05) is 0 Å². The van der Waals surface area contributed by atoms with E-state index in [2.05, 4.69) is 25.1 Å². The molecule has 2 heterocycles. The fraction of sp³-hybridized carbons (Fsp3) is 0.450. The number of benzene rings is 1. The van der Waals surface area contributed by atoms with Crippen LogP contribution in [0.3, 0.4) is 0 Å². The van der Waals surface area contributed by atoms with Crippen molar-refractivity contribution in [1.82, 2.24) is 20.2 Å². The fourth-order valence-corrected chi connectivity index (χ4v) is 3.93. The van der Waals surface area contributed by atoms with Crippen molar-refractivity contribution in [2.75, 3.05) is 33.3 Å². The van der Waals surface area contributed by atoms with Crippen LogP contribution >= 0.6 is 0 Å². The summed E-state index contributed by atoms with van der Waals surface area (Å²) in [5.74, 6) is 2.42. The van der Waals surface area contributed by atoms with Gasteiger partial charge in [-0.3, -0.25) is 5.10 Å². The molecule has 1 aromatic carbocycles. The Bertz CT molecular complexity index is 1000. The van der Waals surface area contributed by atoms with Crippen LogP contribution in [0.4, 0.5) is 5.82 Å². The topological polar surface area (TPSA) is 85.4 Å². The van der Waals surface area contributed by atoms with Crippen molar-refractivity contribution in [3.05, 3.63) is 29.3 Å². The zero-order chi connectivity index (χ0) is 19.7. The monoisotopic (exact) mass is 383 g/mol. The molecular formula is C20H25N5O3. The summed E-state index contributed by atoms with van der Waals surface area (Å²) in [5, 5.41) is 8.60. The van der Waals surface area contributed by atoms with E-state index in [9.17, 15) is 0 Å². The highest BCUT2D eigenvalue weighted by Gasteiger charge is 2.22. The van der Waals surface area contributed by atoms with Gasteiger partial charge in [0.1, 0.15) is 17.7 Å². The lowest BCUT2D eigenvalue weighted by Crippen LogP contribution is -2.20. The molecule has 1 N–H and O–H groups in total. The number of rotatable bonds is 6. The van der Waals surface area contributed by atoms with Gasteiger partial charge in [0.15, 0.2) is 11.5 Å². The summed E-state index contributed by atoms with van der Waals surface area (Å²) < 4.78 is 16.6. The molecule has 0 saturated carbocycles. The van der Waals surface area contributed by atoms with Gasteiger partial charge in [-0.05, 0) is 37.3 Å². The predicted molar refractivity (Wildman–Crippen MR) is 107 cm³/mol. The van der Waals surface area contributed by atoms with Gasteiger partial charge in [-0.25, -0.2) is 9.97 Å². The van der Waals surface area contributed by atoms with E-state index in [1.165, 1.54) is 24.1 Å². The minimum absolute atomic E-state index is 0.520. The van der Waals surface area contributed by atoms with Gasteiger partial charge >= 0.3 is 0 Å². The smallest absolute Gasteiger partial charge is 0.205 e. The lowest BCUT2D eigenvalue weighted by Gasteiger charge is -2.21. The number of hydrogen-bond acceptors (Lipinski definition) is 7. The molecule has 148 valence electrons. The van der Waals surface area contributed by atoms with Crippen LogP contribution in [0.5, 0.6) is 17.2 Å². The highest BCUT2D eigenvalue weighted by Crippen LogP contribution is 2.44. The number of H-pyrrole nitrogens is 1. The van der Waals surface area contributed by atoms with Crippen molar-refractivity contribution in [3.63, 3.8) is 0 Å². The van der Waals surface area contributed by atoms with Crippen LogP contribution in [0.15, 0.2) is 12.4 Å². The Morgan fingerprint density at radius 1 is 1.04 bits per heavy atom. The van der Waals surface area contributed by atoms with Gasteiger partial charge in [0.25, 0.3) is 0 Å². The molecular weight excluding hydrogens is 358 g/mol. The van der Waals surface area contributed by atoms with Crippen LogP contribution in [0.2, 0.25) is 0 Å². The molecule has 4 rings (SSSR count). The number of hydrogen-bond donors (Lipinski definition) is 1. The summed E-state index contributed by atoms with van der Waals surface area (Å²) in [7, 11) is 6.79. The van der Waals surface area contributed by atoms with Gasteiger partial charge in [0.2, 0.25) is 5.75 Å². The Morgan fingerprint density at radius 3 is 2.57 bits per heavy atom. The first-order chi connectivity index (χ1) is 13.7. The van der Waals surface area contributed by atoms with E-state index >= 15 is 0 Å². The summed E-state index contributed by atoms with van der Waals surface area (Å²) in [5.41, 5.74) is 4.39. The zero-order valence-corrected chi connectivity index (χ0v) is 16.7. The van der Waals surface area contributed by atoms with E-state index in [1.807, 2.05) is 13.1 Å². The molecule has 28 heavy (non-hydrogen) atoms. The van der Waals surface area contributed by atoms with E-state index in [4.69, 9.17) is 14.2 Å². The van der Waals surface area contributed by atoms with Crippen molar-refractivity contribution in [3.8, 4) is 17.2 Å². The van der Waals surface area contributed by atoms with Gasteiger partial charge in [-0.15, -0.1) is 0 Å². The lowest BCUT2D eigenvalue weighted by molar-refractivity contribution is 0.327. The van der Waals surface area contributed by atoms with Gasteiger partial charge in [-0.2, -0.15) is 5.10 Å². The second-order valence-electron chi connectivity index (χ2n) is 6.93. The number of methoxy groups -OCH3 is 3. The molecule has 8 nitrogen and oxygen atoms in total. The second kappa shape index (κ2) is 7.53. The number of aromatic amines is 1. The number of fused-ring (bicyclic) bond motifs is 2. The van der Waals surface area contributed by atoms with Crippen molar-refractivity contribution in [2.45, 2.75) is 32.2 Å². The Hall–Kier alpha value is -3.03. The maximum absolute atomic E-state index is 5.58. The Labute approximate surface area is 163 Å². The minimum atomic E-state index is 0.520. The fourth-order valence-electron chi connectivity index (χ4n) is 3.93. The maximum atomic E-state index is 5.58. The summed E-state index contributed by atoms with van der Waals surface area (Å²) in [6.45, 7) is 0.661. The number of nitrogens with zero attached hydrogens (tertiary/aromatic N) is 4. The maximum Gasteiger partial charge on any atom is 0.205 e. The third kappa shape index (κ3) is 2.98. The molecule has 0 bridgehead atoms. The zero-order valence-electron chi connectivity index (χ0n) is 16.7. The molecule has 0 spiro atoms. The molecule has 0 radical (unpaired) electrons. The molecule has 3 aromatic rings. The van der Waals surface area contributed by atoms with Crippen LogP contribution in [-0.2, 0) is 19.4 Å². The SMILES string of the molecule is COc1cc2c(N(C)Cc3n[nH]c4c3CCCC4)ncnc2c(OC)c1OC. The van der Waals surface area contributed by atoms with Crippen molar-refractivity contribution in [1.29, 1.82) is 0 Å². The van der Waals surface area contributed by atoms with Crippen LogP contribution in [0.25, 0.3) is 10.9 Å². The molecule has 2 aromatic heterocycles. The summed E-state index contributed by atoms with van der Waals surface area (Å²) >= 11 is 0. The van der Waals surface area contributed by atoms with Crippen molar-refractivity contribution < 1.29 is 14.2 Å². The Balaban J connectivity index is 1.77. The van der Waals surface area contributed by atoms with E-state index in [0.717, 1.165) is 29.7 Å². The summed E-state index contributed by atoms with van der Waals surface area (Å²) in [6.07, 6.45) is 6.15. The molecule has 0 aliphatic heterocycles. The van der Waals surface area contributed by atoms with Crippen molar-refractivity contribution in [2.24, 2.45) is 0 Å². The first-order valence-electron chi connectivity index (χ1n) is 9.37. The molecule has 0 saturated heterocycles. The molecule has 1 aliphatic carbocycles. The normalized spacial score (nSPS) is 13.3. The number of aryl methyl sites for hydroxylation is 1. The lowest BCUT2D eigenvalue weighted by atomic mass is 9.96. The standard InChI is InChI=1S/C20H25N5O3/c1-25(10-15-12-7-5-6-8-14(12)23-24-15)20-13-9-16(26-2)18(27-3)19(28-4)17(13)21-11-22-20/h9,11H,5-8,10H2,1-4H3,(H,23,24). The number of anilines is 1. The molecule has 1 aliphatic rings. The van der Waals surface area contributed by atoms with Gasteiger partial charge in [0.05, 0.1) is 39.0 Å². The van der Waals surface area contributed by atoms with Crippen LogP contribution in [-0.4, -0.2) is 48.5 Å². The quantitative estimate of drug-likeness (QED) is 0.700. The predicted octanol–water partition coefficient (Wildman–Crippen LogP) is 2.89. The number of ether oxygens (including phenoxy) is 3. The minimum Gasteiger partial charge on any atom is -0.493 e. The number of nitrogens with one attached hydrogen (secondary N) is 1. The van der Waals surface area contributed by atoms with Gasteiger partial charge < -0.3 is 19.1 Å². The molecule has 0 amide bonds. The van der Waals surface area contributed by atoms with Crippen LogP contribution < -0.4 is 19.1 Å². The third-order valence-electron chi connectivity index (χ3n) is 5.30. The largest absolute Gasteiger partial charge is 0.493 e. The molecule has 0 fully saturated rings. The Morgan fingerprint density at radius 2 is 1.82 bits per heavy atom. The van der Waals surface area contributed by atoms with Crippen molar-refractivity contribution >= 4 is 16.7 Å². The van der Waals surface area contributed by atoms with Crippen LogP contribution in [0, 0.1) is 0 Å². The van der Waals surface area contributed by atoms with E-state index in [0.29, 0.717) is 29.3 Å². The molecule has 0 atom stereocenters. The highest BCUT2D eigenvalue weighted by atomic mass is 16.5. The number of aromatic nitrogens is 4. The Kier molecular flexibility index (Phi) is 4.93. The van der Waals surface area contributed by atoms with E-state index < -0.39 is 0 Å². The van der Waals surface area contributed by atoms with Crippen LogP contribution in [0.1, 0.15) is 29.8 Å². The van der Waals surface area contributed by atoms with Gasteiger partial charge in [0, 0.05) is 12.7 Å². The molecule has 8 heteroatoms. The summed E-state index contributed by atoms with van der Waals surface area (Å²) in [4.78, 5) is 11.0. The first kappa shape index (κ1) is 18.3. The first-order valence-corrected chi connectivity index (χ1v) is 9.37. The third-order valence-corrected chi connectivity index (χ3v) is 5.30. The average molecular weight is 383 g/mol. The summed E-state index contributed by atoms with van der Waals surface area (Å²) in [6, 6.07) is 1.89.